The molecule has 36 heavy (non-hydrogen) atoms. The largest absolute Gasteiger partial charge is 0.486 e. The van der Waals surface area contributed by atoms with Crippen LogP contribution in [0.5, 0.6) is 5.75 Å². The van der Waals surface area contributed by atoms with Crippen LogP contribution in [0.1, 0.15) is 36.8 Å². The Morgan fingerprint density at radius 2 is 1.75 bits per heavy atom. The lowest BCUT2D eigenvalue weighted by Crippen LogP contribution is -2.42. The number of halogens is 4. The van der Waals surface area contributed by atoms with Crippen molar-refractivity contribution in [1.29, 1.82) is 0 Å². The fraction of sp³-hybridized carbons (Fsp3) is 0.320. The zero-order chi connectivity index (χ0) is 25.8. The molecule has 3 amide bonds. The number of hydrogen-bond acceptors (Lipinski definition) is 5. The summed E-state index contributed by atoms with van der Waals surface area (Å²) in [4.78, 5) is 41.1. The monoisotopic (exact) mass is 630 g/mol. The highest BCUT2D eigenvalue weighted by molar-refractivity contribution is 9.10. The van der Waals surface area contributed by atoms with Crippen molar-refractivity contribution in [2.45, 2.75) is 32.3 Å². The molecule has 190 valence electrons. The van der Waals surface area contributed by atoms with E-state index in [2.05, 4.69) is 15.9 Å². The van der Waals surface area contributed by atoms with Crippen LogP contribution in [0, 0.1) is 0 Å². The van der Waals surface area contributed by atoms with Crippen molar-refractivity contribution >= 4 is 85.6 Å². The van der Waals surface area contributed by atoms with Crippen LogP contribution in [0.25, 0.3) is 6.08 Å². The summed E-state index contributed by atoms with van der Waals surface area (Å²) < 4.78 is 6.43. The second-order valence-electron chi connectivity index (χ2n) is 8.40. The Morgan fingerprint density at radius 1 is 1.03 bits per heavy atom. The van der Waals surface area contributed by atoms with Gasteiger partial charge < -0.3 is 9.64 Å². The Hall–Kier alpha value is -1.71. The Labute approximate surface area is 237 Å². The van der Waals surface area contributed by atoms with Crippen LogP contribution in [0.2, 0.25) is 15.1 Å². The summed E-state index contributed by atoms with van der Waals surface area (Å²) in [6, 6.07) is 8.51. The lowest BCUT2D eigenvalue weighted by molar-refractivity contribution is -0.135. The third-order valence-corrected chi connectivity index (χ3v) is 8.20. The molecule has 2 aliphatic heterocycles. The first-order valence-corrected chi connectivity index (χ1v) is 14.1. The molecule has 0 spiro atoms. The van der Waals surface area contributed by atoms with Crippen LogP contribution in [0.3, 0.4) is 0 Å². The third kappa shape index (κ3) is 6.58. The quantitative estimate of drug-likeness (QED) is 0.310. The smallest absolute Gasteiger partial charge is 0.294 e. The number of carbonyl (C=O) groups is 3. The number of likely N-dealkylation sites (tertiary alicyclic amines) is 1. The average molecular weight is 633 g/mol. The van der Waals surface area contributed by atoms with Crippen LogP contribution in [-0.4, -0.2) is 46.5 Å². The van der Waals surface area contributed by atoms with Crippen LogP contribution < -0.4 is 4.74 Å². The van der Waals surface area contributed by atoms with Crippen LogP contribution >= 0.6 is 62.5 Å². The van der Waals surface area contributed by atoms with E-state index in [-0.39, 0.29) is 24.0 Å². The van der Waals surface area contributed by atoms with Crippen LogP contribution in [-0.2, 0) is 16.2 Å². The number of ether oxygens (including phenoxy) is 1. The van der Waals surface area contributed by atoms with Gasteiger partial charge in [0, 0.05) is 28.7 Å². The Balaban J connectivity index is 1.45. The topological polar surface area (TPSA) is 66.9 Å². The Kier molecular flexibility index (Phi) is 9.28. The molecule has 0 aromatic heterocycles. The molecule has 11 heteroatoms. The van der Waals surface area contributed by atoms with Crippen LogP contribution in [0.4, 0.5) is 4.79 Å². The van der Waals surface area contributed by atoms with E-state index in [4.69, 9.17) is 39.5 Å². The number of imide groups is 1. The summed E-state index contributed by atoms with van der Waals surface area (Å²) in [6.45, 7) is 1.26. The predicted molar refractivity (Wildman–Crippen MR) is 148 cm³/mol. The number of nitrogens with zero attached hydrogens (tertiary/aromatic N) is 2. The van der Waals surface area contributed by atoms with Crippen molar-refractivity contribution in [2.75, 3.05) is 19.6 Å². The fourth-order valence-corrected chi connectivity index (χ4v) is 6.22. The van der Waals surface area contributed by atoms with Gasteiger partial charge in [0.05, 0.1) is 14.4 Å². The van der Waals surface area contributed by atoms with Gasteiger partial charge in [0.1, 0.15) is 13.2 Å². The summed E-state index contributed by atoms with van der Waals surface area (Å²) in [7, 11) is 0. The molecule has 0 bridgehead atoms. The van der Waals surface area contributed by atoms with Gasteiger partial charge >= 0.3 is 0 Å². The SMILES string of the molecule is O=C(CN1C(=O)SC(=Cc2cc(Cl)c(OCc3ccc(Cl)cc3Cl)c(Br)c2)C1=O)N1CCCCCC1. The van der Waals surface area contributed by atoms with Gasteiger partial charge in [0.2, 0.25) is 5.91 Å². The van der Waals surface area contributed by atoms with E-state index in [0.717, 1.165) is 47.9 Å². The van der Waals surface area contributed by atoms with Gasteiger partial charge in [0.25, 0.3) is 11.1 Å². The van der Waals surface area contributed by atoms with E-state index >= 15 is 0 Å². The molecular weight excluding hydrogens is 611 g/mol. The fourth-order valence-electron chi connectivity index (χ4n) is 3.93. The van der Waals surface area contributed by atoms with Gasteiger partial charge in [-0.3, -0.25) is 19.3 Å². The minimum absolute atomic E-state index is 0.178. The average Bonchev–Trinajstić information content (AvgIpc) is 3.01. The standard InChI is InChI=1S/C25H22BrCl3N2O4S/c26-18-9-15(10-20(29)23(18)35-14-16-5-6-17(27)12-19(16)28)11-21-24(33)31(25(34)36-21)13-22(32)30-7-3-1-2-4-8-30/h5-6,9-12H,1-4,7-8,13-14H2. The molecule has 0 aliphatic carbocycles. The number of carbonyl (C=O) groups excluding carboxylic acids is 3. The molecule has 2 heterocycles. The van der Waals surface area contributed by atoms with Gasteiger partial charge in [-0.2, -0.15) is 0 Å². The normalized spacial score (nSPS) is 17.6. The first kappa shape index (κ1) is 27.3. The number of thioether (sulfide) groups is 1. The van der Waals surface area contributed by atoms with Crippen molar-refractivity contribution in [3.05, 3.63) is 65.9 Å². The molecule has 2 saturated heterocycles. The number of hydrogen-bond donors (Lipinski definition) is 0. The molecule has 0 N–H and O–H groups in total. The highest BCUT2D eigenvalue weighted by atomic mass is 79.9. The summed E-state index contributed by atoms with van der Waals surface area (Å²) in [5.74, 6) is -0.275. The molecule has 2 aromatic rings. The zero-order valence-electron chi connectivity index (χ0n) is 19.1. The molecule has 2 fully saturated rings. The molecule has 0 atom stereocenters. The van der Waals surface area contributed by atoms with E-state index in [9.17, 15) is 14.4 Å². The van der Waals surface area contributed by atoms with Gasteiger partial charge in [-0.05, 0) is 76.4 Å². The summed E-state index contributed by atoms with van der Waals surface area (Å²) in [6.07, 6.45) is 5.64. The lowest BCUT2D eigenvalue weighted by Gasteiger charge is -2.22. The van der Waals surface area contributed by atoms with Gasteiger partial charge in [-0.15, -0.1) is 0 Å². The Morgan fingerprint density at radius 3 is 2.42 bits per heavy atom. The third-order valence-electron chi connectivity index (χ3n) is 5.83. The molecule has 0 unspecified atom stereocenters. The molecule has 4 rings (SSSR count). The maximum Gasteiger partial charge on any atom is 0.294 e. The van der Waals surface area contributed by atoms with Crippen molar-refractivity contribution in [1.82, 2.24) is 9.80 Å². The highest BCUT2D eigenvalue weighted by Gasteiger charge is 2.37. The summed E-state index contributed by atoms with van der Waals surface area (Å²) in [5, 5.41) is 0.870. The predicted octanol–water partition coefficient (Wildman–Crippen LogP) is 7.43. The zero-order valence-corrected chi connectivity index (χ0v) is 23.7. The van der Waals surface area contributed by atoms with E-state index in [1.165, 1.54) is 0 Å². The first-order valence-electron chi connectivity index (χ1n) is 11.3. The maximum absolute atomic E-state index is 12.9. The van der Waals surface area contributed by atoms with Crippen molar-refractivity contribution in [3.63, 3.8) is 0 Å². The molecule has 2 aromatic carbocycles. The minimum atomic E-state index is -0.488. The first-order chi connectivity index (χ1) is 17.2. The van der Waals surface area contributed by atoms with Crippen molar-refractivity contribution in [2.24, 2.45) is 0 Å². The van der Waals surface area contributed by atoms with E-state index < -0.39 is 11.1 Å². The number of benzene rings is 2. The molecule has 0 radical (unpaired) electrons. The lowest BCUT2D eigenvalue weighted by atomic mass is 10.2. The maximum atomic E-state index is 12.9. The second-order valence-corrected chi connectivity index (χ2v) is 11.5. The Bertz CT molecular complexity index is 1210. The van der Waals surface area contributed by atoms with Crippen molar-refractivity contribution < 1.29 is 19.1 Å². The van der Waals surface area contributed by atoms with Gasteiger partial charge in [-0.1, -0.05) is 53.7 Å². The summed E-state index contributed by atoms with van der Waals surface area (Å²) in [5.41, 5.74) is 1.35. The highest BCUT2D eigenvalue weighted by Crippen LogP contribution is 2.38. The minimum Gasteiger partial charge on any atom is -0.486 e. The van der Waals surface area contributed by atoms with Gasteiger partial charge in [0.15, 0.2) is 5.75 Å². The van der Waals surface area contributed by atoms with E-state index in [0.29, 0.717) is 43.9 Å². The second kappa shape index (κ2) is 12.2. The van der Waals surface area contributed by atoms with Gasteiger partial charge in [-0.25, -0.2) is 0 Å². The van der Waals surface area contributed by atoms with E-state index in [1.54, 1.807) is 41.3 Å². The molecule has 6 nitrogen and oxygen atoms in total. The van der Waals surface area contributed by atoms with Crippen molar-refractivity contribution in [3.8, 4) is 5.75 Å². The molecule has 0 saturated carbocycles. The van der Waals surface area contributed by atoms with Crippen LogP contribution in [0.15, 0.2) is 39.7 Å². The number of rotatable bonds is 6. The summed E-state index contributed by atoms with van der Waals surface area (Å²) >= 11 is 22.9. The molecule has 2 aliphatic rings. The number of amides is 3. The molecular formula is C25H22BrCl3N2O4S. The van der Waals surface area contributed by atoms with E-state index in [1.807, 2.05) is 0 Å².